The predicted octanol–water partition coefficient (Wildman–Crippen LogP) is -1.05. The molecular weight excluding hydrogens is 128 g/mol. The number of aliphatic hydroxyl groups is 1. The van der Waals surface area contributed by atoms with Gasteiger partial charge in [-0.15, -0.1) is 0 Å². The molecule has 0 amide bonds. The molecule has 0 aliphatic heterocycles. The highest BCUT2D eigenvalue weighted by Gasteiger charge is 2.07. The Balaban J connectivity index is 3.37. The summed E-state index contributed by atoms with van der Waals surface area (Å²) < 4.78 is 3.85. The van der Waals surface area contributed by atoms with Crippen LogP contribution in [0.2, 0.25) is 0 Å². The molecule has 0 aliphatic rings. The molecule has 0 aromatic heterocycles. The summed E-state index contributed by atoms with van der Waals surface area (Å²) in [5.74, 6) is -1.22. The molecule has 0 aromatic carbocycles. The van der Waals surface area contributed by atoms with Gasteiger partial charge in [-0.2, -0.15) is 0 Å². The molecule has 0 heterocycles. The van der Waals surface area contributed by atoms with Crippen molar-refractivity contribution in [1.29, 1.82) is 0 Å². The van der Waals surface area contributed by atoms with Gasteiger partial charge in [-0.3, -0.25) is 9.59 Å². The maximum atomic E-state index is 9.73. The van der Waals surface area contributed by atoms with Crippen LogP contribution in [0.25, 0.3) is 0 Å². The third-order valence-corrected chi connectivity index (χ3v) is 0.562. The molecule has 9 heavy (non-hydrogen) atoms. The first-order valence-electron chi connectivity index (χ1n) is 2.15. The zero-order chi connectivity index (χ0) is 7.28. The van der Waals surface area contributed by atoms with Gasteiger partial charge in [0.05, 0.1) is 0 Å². The Morgan fingerprint density at radius 3 is 2.67 bits per heavy atom. The van der Waals surface area contributed by atoms with Crippen molar-refractivity contribution >= 4 is 12.4 Å². The normalized spacial score (nSPS) is 12.1. The van der Waals surface area contributed by atoms with E-state index in [9.17, 15) is 9.59 Å². The van der Waals surface area contributed by atoms with Crippen LogP contribution in [0.1, 0.15) is 6.42 Å². The minimum absolute atomic E-state index is 0.00634. The molecule has 5 nitrogen and oxygen atoms in total. The van der Waals surface area contributed by atoms with Gasteiger partial charge in [-0.05, 0) is 0 Å². The minimum atomic E-state index is -1.53. The quantitative estimate of drug-likeness (QED) is 0.378. The molecule has 0 bridgehead atoms. The van der Waals surface area contributed by atoms with E-state index in [1.165, 1.54) is 0 Å². The first kappa shape index (κ1) is 7.90. The number of carbonyl (C=O) groups is 2. The lowest BCUT2D eigenvalue weighted by atomic mass is 10.4. The summed E-state index contributed by atoms with van der Waals surface area (Å²) >= 11 is 0. The van der Waals surface area contributed by atoms with Crippen molar-refractivity contribution < 1.29 is 24.5 Å². The maximum Gasteiger partial charge on any atom is 0.309 e. The maximum absolute atomic E-state index is 9.73. The zero-order valence-corrected chi connectivity index (χ0v) is 4.48. The number of aliphatic carboxylic acids is 1. The van der Waals surface area contributed by atoms with Gasteiger partial charge >= 0.3 is 5.97 Å². The van der Waals surface area contributed by atoms with Gasteiger partial charge < -0.3 is 14.9 Å². The molecule has 1 unspecified atom stereocenters. The van der Waals surface area contributed by atoms with Crippen molar-refractivity contribution in [2.45, 2.75) is 12.7 Å². The average molecular weight is 134 g/mol. The molecule has 0 aliphatic carbocycles. The van der Waals surface area contributed by atoms with E-state index in [2.05, 4.69) is 4.74 Å². The van der Waals surface area contributed by atoms with E-state index in [1.807, 2.05) is 0 Å². The van der Waals surface area contributed by atoms with Crippen molar-refractivity contribution in [1.82, 2.24) is 0 Å². The number of carboxylic acids is 1. The first-order chi connectivity index (χ1) is 4.16. The zero-order valence-electron chi connectivity index (χ0n) is 4.48. The molecule has 0 radical (unpaired) electrons. The monoisotopic (exact) mass is 134 g/mol. The van der Waals surface area contributed by atoms with Crippen LogP contribution in [0.4, 0.5) is 0 Å². The molecule has 0 aromatic rings. The Morgan fingerprint density at radius 2 is 2.33 bits per heavy atom. The Kier molecular flexibility index (Phi) is 3.38. The van der Waals surface area contributed by atoms with E-state index < -0.39 is 18.7 Å². The van der Waals surface area contributed by atoms with Crippen molar-refractivity contribution in [3.8, 4) is 0 Å². The van der Waals surface area contributed by atoms with E-state index >= 15 is 0 Å². The summed E-state index contributed by atoms with van der Waals surface area (Å²) in [4.78, 5) is 19.2. The van der Waals surface area contributed by atoms with E-state index in [4.69, 9.17) is 10.2 Å². The van der Waals surface area contributed by atoms with Gasteiger partial charge in [-0.25, -0.2) is 0 Å². The number of carboxylic acid groups (broad SMARTS) is 1. The Bertz CT molecular complexity index is 110. The third kappa shape index (κ3) is 4.76. The number of ether oxygens (including phenoxy) is 1. The molecule has 2 N–H and O–H groups in total. The highest BCUT2D eigenvalue weighted by Crippen LogP contribution is 1.89. The van der Waals surface area contributed by atoms with Gasteiger partial charge in [0, 0.05) is 0 Å². The number of hydrogen-bond donors (Lipinski definition) is 2. The van der Waals surface area contributed by atoms with Gasteiger partial charge in [-0.1, -0.05) is 0 Å². The van der Waals surface area contributed by atoms with Gasteiger partial charge in [0.25, 0.3) is 6.47 Å². The van der Waals surface area contributed by atoms with Crippen LogP contribution in [0.5, 0.6) is 0 Å². The van der Waals surface area contributed by atoms with Crippen molar-refractivity contribution in [3.63, 3.8) is 0 Å². The van der Waals surface area contributed by atoms with Crippen LogP contribution in [0.3, 0.4) is 0 Å². The third-order valence-electron chi connectivity index (χ3n) is 0.562. The second-order valence-corrected chi connectivity index (χ2v) is 1.28. The topological polar surface area (TPSA) is 83.8 Å². The molecule has 0 saturated heterocycles. The Labute approximate surface area is 50.9 Å². The second kappa shape index (κ2) is 3.85. The van der Waals surface area contributed by atoms with Crippen LogP contribution in [0.15, 0.2) is 0 Å². The fourth-order valence-corrected chi connectivity index (χ4v) is 0.262. The molecule has 0 fully saturated rings. The SMILES string of the molecule is O=COC(O)CC(=O)O. The standard InChI is InChI=1S/C4H6O5/c5-2-9-4(8)1-3(6)7/h2,4,8H,1H2,(H,6,7). The largest absolute Gasteiger partial charge is 0.481 e. The smallest absolute Gasteiger partial charge is 0.309 e. The summed E-state index contributed by atoms with van der Waals surface area (Å²) in [6.07, 6.45) is -2.11. The number of aliphatic hydroxyl groups excluding tert-OH is 1. The van der Waals surface area contributed by atoms with Crippen LogP contribution in [-0.4, -0.2) is 28.9 Å². The van der Waals surface area contributed by atoms with Gasteiger partial charge in [0.1, 0.15) is 6.42 Å². The van der Waals surface area contributed by atoms with Gasteiger partial charge in [0.2, 0.25) is 6.29 Å². The summed E-state index contributed by atoms with van der Waals surface area (Å²) in [7, 11) is 0. The highest BCUT2D eigenvalue weighted by molar-refractivity contribution is 5.67. The van der Waals surface area contributed by atoms with E-state index in [0.29, 0.717) is 0 Å². The van der Waals surface area contributed by atoms with Crippen LogP contribution >= 0.6 is 0 Å². The molecule has 5 heteroatoms. The fourth-order valence-electron chi connectivity index (χ4n) is 0.262. The van der Waals surface area contributed by atoms with E-state index in [-0.39, 0.29) is 6.47 Å². The molecule has 52 valence electrons. The Morgan fingerprint density at radius 1 is 1.78 bits per heavy atom. The summed E-state index contributed by atoms with van der Waals surface area (Å²) in [6, 6.07) is 0. The minimum Gasteiger partial charge on any atom is -0.481 e. The van der Waals surface area contributed by atoms with Crippen LogP contribution in [0, 0.1) is 0 Å². The summed E-state index contributed by atoms with van der Waals surface area (Å²) in [6.45, 7) is -0.00634. The lowest BCUT2D eigenvalue weighted by Gasteiger charge is -2.02. The van der Waals surface area contributed by atoms with E-state index in [1.54, 1.807) is 0 Å². The van der Waals surface area contributed by atoms with Crippen LogP contribution in [-0.2, 0) is 14.3 Å². The highest BCUT2D eigenvalue weighted by atomic mass is 16.6. The predicted molar refractivity (Wildman–Crippen MR) is 25.4 cm³/mol. The van der Waals surface area contributed by atoms with Gasteiger partial charge in [0.15, 0.2) is 0 Å². The van der Waals surface area contributed by atoms with Crippen molar-refractivity contribution in [2.75, 3.05) is 0 Å². The first-order valence-corrected chi connectivity index (χ1v) is 2.15. The van der Waals surface area contributed by atoms with Crippen molar-refractivity contribution in [3.05, 3.63) is 0 Å². The Hall–Kier alpha value is -1.10. The number of rotatable bonds is 4. The second-order valence-electron chi connectivity index (χ2n) is 1.28. The molecular formula is C4H6O5. The average Bonchev–Trinajstić information content (AvgIpc) is 1.63. The molecule has 0 spiro atoms. The molecule has 0 saturated carbocycles. The number of carbonyl (C=O) groups excluding carboxylic acids is 1. The molecule has 0 rings (SSSR count). The lowest BCUT2D eigenvalue weighted by molar-refractivity contribution is -0.160. The fraction of sp³-hybridized carbons (Fsp3) is 0.500. The summed E-state index contributed by atoms with van der Waals surface area (Å²) in [5.41, 5.74) is 0. The van der Waals surface area contributed by atoms with Crippen LogP contribution < -0.4 is 0 Å². The summed E-state index contributed by atoms with van der Waals surface area (Å²) in [5, 5.41) is 16.3. The van der Waals surface area contributed by atoms with E-state index in [0.717, 1.165) is 0 Å². The molecule has 1 atom stereocenters. The number of hydrogen-bond acceptors (Lipinski definition) is 4. The van der Waals surface area contributed by atoms with Crippen molar-refractivity contribution in [2.24, 2.45) is 0 Å². The lowest BCUT2D eigenvalue weighted by Crippen LogP contribution is -2.15.